The van der Waals surface area contributed by atoms with Crippen molar-refractivity contribution in [2.75, 3.05) is 26.2 Å². The molecular weight excluding hydrogens is 278 g/mol. The number of hydrogen-bond donors (Lipinski definition) is 1. The quantitative estimate of drug-likeness (QED) is 0.813. The van der Waals surface area contributed by atoms with Gasteiger partial charge in [-0.15, -0.1) is 0 Å². The smallest absolute Gasteiger partial charge is 0.279 e. The number of amides is 1. The molecule has 0 aromatic heterocycles. The van der Waals surface area contributed by atoms with E-state index in [2.05, 4.69) is 4.72 Å². The second kappa shape index (κ2) is 6.87. The van der Waals surface area contributed by atoms with Crippen LogP contribution in [0.3, 0.4) is 0 Å². The fourth-order valence-corrected chi connectivity index (χ4v) is 4.35. The van der Waals surface area contributed by atoms with Crippen LogP contribution in [-0.2, 0) is 15.0 Å². The first-order valence-electron chi connectivity index (χ1n) is 7.54. The molecular formula is C13H25N3O3S. The van der Waals surface area contributed by atoms with Crippen LogP contribution in [0.1, 0.15) is 45.4 Å². The van der Waals surface area contributed by atoms with Crippen LogP contribution in [0.25, 0.3) is 0 Å². The van der Waals surface area contributed by atoms with Crippen molar-refractivity contribution in [1.82, 2.24) is 13.9 Å². The lowest BCUT2D eigenvalue weighted by Gasteiger charge is -2.25. The molecule has 116 valence electrons. The molecule has 1 unspecified atom stereocenters. The number of likely N-dealkylation sites (tertiary alicyclic amines) is 1. The Hall–Kier alpha value is -0.660. The van der Waals surface area contributed by atoms with Crippen LogP contribution in [0, 0.1) is 0 Å². The maximum Gasteiger partial charge on any atom is 0.279 e. The van der Waals surface area contributed by atoms with Crippen LogP contribution >= 0.6 is 0 Å². The highest BCUT2D eigenvalue weighted by atomic mass is 32.2. The van der Waals surface area contributed by atoms with Gasteiger partial charge in [-0.3, -0.25) is 4.79 Å². The Kier molecular flexibility index (Phi) is 5.40. The van der Waals surface area contributed by atoms with Crippen molar-refractivity contribution >= 4 is 16.1 Å². The molecule has 1 atom stereocenters. The lowest BCUT2D eigenvalue weighted by atomic mass is 10.2. The highest BCUT2D eigenvalue weighted by Crippen LogP contribution is 2.14. The molecule has 0 aromatic rings. The SMILES string of the molecule is CC(CN1CCCC1=O)NS(=O)(=O)N1CCCCCC1. The lowest BCUT2D eigenvalue weighted by Crippen LogP contribution is -2.48. The minimum atomic E-state index is -3.42. The van der Waals surface area contributed by atoms with E-state index < -0.39 is 10.2 Å². The van der Waals surface area contributed by atoms with Gasteiger partial charge in [0.1, 0.15) is 0 Å². The summed E-state index contributed by atoms with van der Waals surface area (Å²) in [6, 6.07) is -0.245. The fourth-order valence-electron chi connectivity index (χ4n) is 2.88. The third kappa shape index (κ3) is 4.17. The van der Waals surface area contributed by atoms with E-state index in [1.807, 2.05) is 6.92 Å². The van der Waals surface area contributed by atoms with Gasteiger partial charge in [0.2, 0.25) is 5.91 Å². The standard InChI is InChI=1S/C13H25N3O3S/c1-12(11-15-8-6-7-13(15)17)14-20(18,19)16-9-4-2-3-5-10-16/h12,14H,2-11H2,1H3. The first-order valence-corrected chi connectivity index (χ1v) is 8.98. The van der Waals surface area contributed by atoms with Crippen LogP contribution in [0.5, 0.6) is 0 Å². The maximum absolute atomic E-state index is 12.3. The third-order valence-electron chi connectivity index (χ3n) is 3.92. The van der Waals surface area contributed by atoms with Gasteiger partial charge < -0.3 is 4.90 Å². The van der Waals surface area contributed by atoms with Gasteiger partial charge in [0.15, 0.2) is 0 Å². The number of carbonyl (C=O) groups excluding carboxylic acids is 1. The summed E-state index contributed by atoms with van der Waals surface area (Å²) in [4.78, 5) is 13.3. The summed E-state index contributed by atoms with van der Waals surface area (Å²) in [5, 5.41) is 0. The van der Waals surface area contributed by atoms with Crippen molar-refractivity contribution in [2.45, 2.75) is 51.5 Å². The van der Waals surface area contributed by atoms with E-state index >= 15 is 0 Å². The van der Waals surface area contributed by atoms with E-state index in [-0.39, 0.29) is 11.9 Å². The summed E-state index contributed by atoms with van der Waals surface area (Å²) in [6.45, 7) is 4.23. The van der Waals surface area contributed by atoms with Crippen LogP contribution in [-0.4, -0.2) is 55.8 Å². The molecule has 0 spiro atoms. The van der Waals surface area contributed by atoms with Gasteiger partial charge in [-0.05, 0) is 26.2 Å². The fraction of sp³-hybridized carbons (Fsp3) is 0.923. The molecule has 2 aliphatic rings. The minimum Gasteiger partial charge on any atom is -0.341 e. The minimum absolute atomic E-state index is 0.130. The van der Waals surface area contributed by atoms with E-state index in [4.69, 9.17) is 0 Å². The second-order valence-electron chi connectivity index (χ2n) is 5.78. The molecule has 0 radical (unpaired) electrons. The van der Waals surface area contributed by atoms with Crippen LogP contribution < -0.4 is 4.72 Å². The van der Waals surface area contributed by atoms with Gasteiger partial charge in [-0.25, -0.2) is 0 Å². The maximum atomic E-state index is 12.3. The van der Waals surface area contributed by atoms with Crippen molar-refractivity contribution in [3.05, 3.63) is 0 Å². The molecule has 0 bridgehead atoms. The zero-order chi connectivity index (χ0) is 14.6. The monoisotopic (exact) mass is 303 g/mol. The molecule has 6 nitrogen and oxygen atoms in total. The second-order valence-corrected chi connectivity index (χ2v) is 7.48. The number of hydrogen-bond acceptors (Lipinski definition) is 3. The molecule has 1 N–H and O–H groups in total. The van der Waals surface area contributed by atoms with E-state index in [0.717, 1.165) is 38.6 Å². The molecule has 2 fully saturated rings. The molecule has 0 saturated carbocycles. The van der Waals surface area contributed by atoms with E-state index in [1.54, 1.807) is 9.21 Å². The number of rotatable bonds is 5. The molecule has 2 heterocycles. The summed E-state index contributed by atoms with van der Waals surface area (Å²) < 4.78 is 28.9. The molecule has 2 rings (SSSR count). The molecule has 20 heavy (non-hydrogen) atoms. The molecule has 2 aliphatic heterocycles. The van der Waals surface area contributed by atoms with Crippen LogP contribution in [0.2, 0.25) is 0 Å². The largest absolute Gasteiger partial charge is 0.341 e. The average Bonchev–Trinajstić information content (AvgIpc) is 2.65. The van der Waals surface area contributed by atoms with Crippen molar-refractivity contribution in [3.8, 4) is 0 Å². The zero-order valence-corrected chi connectivity index (χ0v) is 13.0. The van der Waals surface area contributed by atoms with Gasteiger partial charge in [-0.1, -0.05) is 12.8 Å². The summed E-state index contributed by atoms with van der Waals surface area (Å²) >= 11 is 0. The Morgan fingerprint density at radius 2 is 1.75 bits per heavy atom. The molecule has 7 heteroatoms. The average molecular weight is 303 g/mol. The highest BCUT2D eigenvalue weighted by molar-refractivity contribution is 7.87. The Labute approximate surface area is 121 Å². The van der Waals surface area contributed by atoms with Crippen molar-refractivity contribution in [1.29, 1.82) is 0 Å². The van der Waals surface area contributed by atoms with Crippen molar-refractivity contribution < 1.29 is 13.2 Å². The van der Waals surface area contributed by atoms with Crippen LogP contribution in [0.15, 0.2) is 0 Å². The van der Waals surface area contributed by atoms with E-state index in [0.29, 0.717) is 26.1 Å². The van der Waals surface area contributed by atoms with E-state index in [1.165, 1.54) is 0 Å². The summed E-state index contributed by atoms with van der Waals surface area (Å²) in [5.74, 6) is 0.130. The molecule has 1 amide bonds. The van der Waals surface area contributed by atoms with Gasteiger partial charge >= 0.3 is 0 Å². The predicted molar refractivity (Wildman–Crippen MR) is 77.4 cm³/mol. The first-order chi connectivity index (χ1) is 9.49. The topological polar surface area (TPSA) is 69.7 Å². The van der Waals surface area contributed by atoms with E-state index in [9.17, 15) is 13.2 Å². The predicted octanol–water partition coefficient (Wildman–Crippen LogP) is 0.708. The van der Waals surface area contributed by atoms with Gasteiger partial charge in [0.05, 0.1) is 0 Å². The molecule has 0 aromatic carbocycles. The summed E-state index contributed by atoms with van der Waals surface area (Å²) in [5.41, 5.74) is 0. The number of nitrogens with zero attached hydrogens (tertiary/aromatic N) is 2. The lowest BCUT2D eigenvalue weighted by molar-refractivity contribution is -0.127. The Morgan fingerprint density at radius 1 is 1.10 bits per heavy atom. The number of carbonyl (C=O) groups is 1. The Morgan fingerprint density at radius 3 is 2.30 bits per heavy atom. The van der Waals surface area contributed by atoms with Crippen molar-refractivity contribution in [3.63, 3.8) is 0 Å². The third-order valence-corrected chi connectivity index (χ3v) is 5.67. The summed E-state index contributed by atoms with van der Waals surface area (Å²) in [6.07, 6.45) is 5.53. The van der Waals surface area contributed by atoms with Gasteiger partial charge in [0.25, 0.3) is 10.2 Å². The van der Waals surface area contributed by atoms with Crippen molar-refractivity contribution in [2.24, 2.45) is 0 Å². The molecule has 2 saturated heterocycles. The Bertz CT molecular complexity index is 430. The van der Waals surface area contributed by atoms with Crippen LogP contribution in [0.4, 0.5) is 0 Å². The van der Waals surface area contributed by atoms with Gasteiger partial charge in [0, 0.05) is 38.6 Å². The number of nitrogens with one attached hydrogen (secondary N) is 1. The van der Waals surface area contributed by atoms with Gasteiger partial charge in [-0.2, -0.15) is 17.4 Å². The highest BCUT2D eigenvalue weighted by Gasteiger charge is 2.27. The normalized spacial score (nSPS) is 23.9. The zero-order valence-electron chi connectivity index (χ0n) is 12.2. The summed E-state index contributed by atoms with van der Waals surface area (Å²) in [7, 11) is -3.42. The first kappa shape index (κ1) is 15.7. The Balaban J connectivity index is 1.88. The molecule has 0 aliphatic carbocycles.